The number of nitrogens with zero attached hydrogens (tertiary/aromatic N) is 1. The highest BCUT2D eigenvalue weighted by atomic mass is 35.5. The molecule has 7 heteroatoms. The Bertz CT molecular complexity index is 847. The summed E-state index contributed by atoms with van der Waals surface area (Å²) in [4.78, 5) is 14.6. The van der Waals surface area contributed by atoms with Crippen molar-refractivity contribution in [2.24, 2.45) is 11.8 Å². The molecule has 4 nitrogen and oxygen atoms in total. The van der Waals surface area contributed by atoms with Crippen LogP contribution in [-0.2, 0) is 6.42 Å². The molecule has 0 radical (unpaired) electrons. The van der Waals surface area contributed by atoms with E-state index in [1.54, 1.807) is 24.3 Å². The summed E-state index contributed by atoms with van der Waals surface area (Å²) in [5, 5.41) is 5.60. The fourth-order valence-corrected chi connectivity index (χ4v) is 5.05. The number of piperidine rings is 2. The van der Waals surface area contributed by atoms with Crippen LogP contribution in [0.2, 0.25) is 0 Å². The minimum atomic E-state index is -0.325. The summed E-state index contributed by atoms with van der Waals surface area (Å²) in [6.07, 6.45) is 5.70. The number of halogens is 3. The van der Waals surface area contributed by atoms with Gasteiger partial charge in [-0.05, 0) is 85.9 Å². The largest absolute Gasteiger partial charge is 0.338 e. The lowest BCUT2D eigenvalue weighted by Crippen LogP contribution is -2.54. The van der Waals surface area contributed by atoms with Crippen LogP contribution in [0.15, 0.2) is 48.5 Å². The highest BCUT2D eigenvalue weighted by Gasteiger charge is 2.40. The highest BCUT2D eigenvalue weighted by Crippen LogP contribution is 2.40. The van der Waals surface area contributed by atoms with Gasteiger partial charge in [-0.2, -0.15) is 0 Å². The molecular weight excluding hydrogens is 420 g/mol. The van der Waals surface area contributed by atoms with E-state index < -0.39 is 0 Å². The SMILES string of the molecule is Cl.O=C(NCCCN1C[C@H]2CC[C@H]1[C@@H](Cc1ccc(F)cc1)C2)Nc1ccc(F)cc1. The average Bonchev–Trinajstić information content (AvgIpc) is 2.75. The molecule has 1 aliphatic carbocycles. The monoisotopic (exact) mass is 449 g/mol. The Morgan fingerprint density at radius 2 is 1.68 bits per heavy atom. The number of nitrogens with one attached hydrogen (secondary N) is 2. The highest BCUT2D eigenvalue weighted by molar-refractivity contribution is 5.89. The summed E-state index contributed by atoms with van der Waals surface area (Å²) in [5.74, 6) is 0.865. The first-order valence-electron chi connectivity index (χ1n) is 10.9. The maximum atomic E-state index is 13.2. The van der Waals surface area contributed by atoms with Crippen LogP contribution in [0.5, 0.6) is 0 Å². The Hall–Kier alpha value is -2.18. The first-order valence-corrected chi connectivity index (χ1v) is 10.9. The zero-order valence-electron chi connectivity index (χ0n) is 17.5. The Balaban J connectivity index is 0.00000272. The van der Waals surface area contributed by atoms with E-state index in [0.717, 1.165) is 31.8 Å². The van der Waals surface area contributed by atoms with E-state index in [1.165, 1.54) is 37.0 Å². The van der Waals surface area contributed by atoms with Crippen molar-refractivity contribution in [1.82, 2.24) is 10.2 Å². The minimum absolute atomic E-state index is 0. The van der Waals surface area contributed by atoms with Crippen molar-refractivity contribution in [2.75, 3.05) is 25.0 Å². The molecule has 2 aromatic carbocycles. The fraction of sp³-hybridized carbons (Fsp3) is 0.458. The van der Waals surface area contributed by atoms with Crippen molar-refractivity contribution < 1.29 is 13.6 Å². The third-order valence-corrected chi connectivity index (χ3v) is 6.43. The van der Waals surface area contributed by atoms with E-state index >= 15 is 0 Å². The van der Waals surface area contributed by atoms with Gasteiger partial charge in [0.25, 0.3) is 0 Å². The Morgan fingerprint density at radius 1 is 1.00 bits per heavy atom. The van der Waals surface area contributed by atoms with Gasteiger partial charge in [0.05, 0.1) is 0 Å². The molecule has 0 unspecified atom stereocenters. The number of urea groups is 1. The van der Waals surface area contributed by atoms with Crippen LogP contribution in [0, 0.1) is 23.5 Å². The zero-order chi connectivity index (χ0) is 20.9. The first-order chi connectivity index (χ1) is 14.6. The lowest BCUT2D eigenvalue weighted by atomic mass is 9.70. The maximum Gasteiger partial charge on any atom is 0.319 e. The van der Waals surface area contributed by atoms with Gasteiger partial charge >= 0.3 is 6.03 Å². The molecule has 0 spiro atoms. The third kappa shape index (κ3) is 6.40. The smallest absolute Gasteiger partial charge is 0.319 e. The number of carbonyl (C=O) groups excluding carboxylic acids is 1. The summed E-state index contributed by atoms with van der Waals surface area (Å²) >= 11 is 0. The average molecular weight is 450 g/mol. The summed E-state index contributed by atoms with van der Waals surface area (Å²) in [5.41, 5.74) is 1.79. The number of hydrogen-bond acceptors (Lipinski definition) is 2. The summed E-state index contributed by atoms with van der Waals surface area (Å²) in [6, 6.07) is 13.0. The van der Waals surface area contributed by atoms with E-state index in [1.807, 2.05) is 12.1 Å². The van der Waals surface area contributed by atoms with Gasteiger partial charge in [-0.3, -0.25) is 4.90 Å². The molecule has 2 amide bonds. The van der Waals surface area contributed by atoms with E-state index in [9.17, 15) is 13.6 Å². The van der Waals surface area contributed by atoms with Gasteiger partial charge < -0.3 is 10.6 Å². The van der Waals surface area contributed by atoms with Crippen LogP contribution < -0.4 is 10.6 Å². The molecule has 3 aliphatic rings. The zero-order valence-corrected chi connectivity index (χ0v) is 18.3. The van der Waals surface area contributed by atoms with Crippen molar-refractivity contribution in [1.29, 1.82) is 0 Å². The Kier molecular flexibility index (Phi) is 8.27. The molecule has 0 aromatic heterocycles. The summed E-state index contributed by atoms with van der Waals surface area (Å²) < 4.78 is 26.1. The van der Waals surface area contributed by atoms with Gasteiger partial charge in [0.1, 0.15) is 11.6 Å². The van der Waals surface area contributed by atoms with Crippen molar-refractivity contribution in [3.05, 3.63) is 65.7 Å². The second-order valence-corrected chi connectivity index (χ2v) is 8.57. The van der Waals surface area contributed by atoms with Crippen molar-refractivity contribution in [2.45, 2.75) is 38.1 Å². The molecule has 3 fully saturated rings. The summed E-state index contributed by atoms with van der Waals surface area (Å²) in [6.45, 7) is 2.72. The second-order valence-electron chi connectivity index (χ2n) is 8.57. The van der Waals surface area contributed by atoms with Crippen molar-refractivity contribution >= 4 is 24.1 Å². The quantitative estimate of drug-likeness (QED) is 0.567. The standard InChI is InChI=1S/C24H29F2N3O.ClH/c25-20-5-2-17(3-6-20)14-19-15-18-4-11-23(19)29(16-18)13-1-12-27-24(30)28-22-9-7-21(26)8-10-22;/h2-3,5-10,18-19,23H,1,4,11-16H2,(H2,27,28,30);1H/t18-,19-,23-;/m0./s1. The van der Waals surface area contributed by atoms with Crippen LogP contribution in [0.4, 0.5) is 19.3 Å². The van der Waals surface area contributed by atoms with E-state index in [4.69, 9.17) is 0 Å². The molecule has 2 heterocycles. The molecule has 5 rings (SSSR count). The van der Waals surface area contributed by atoms with Gasteiger partial charge in [0.15, 0.2) is 0 Å². The lowest BCUT2D eigenvalue weighted by Gasteiger charge is -2.50. The van der Waals surface area contributed by atoms with Crippen LogP contribution in [0.25, 0.3) is 0 Å². The number of amides is 2. The number of benzene rings is 2. The molecule has 2 aromatic rings. The normalized spacial score (nSPS) is 22.6. The molecule has 2 bridgehead atoms. The van der Waals surface area contributed by atoms with Gasteiger partial charge in [-0.25, -0.2) is 13.6 Å². The van der Waals surface area contributed by atoms with Gasteiger partial charge in [-0.15, -0.1) is 12.4 Å². The van der Waals surface area contributed by atoms with Crippen LogP contribution in [0.3, 0.4) is 0 Å². The molecular formula is C24H30ClF2N3O. The van der Waals surface area contributed by atoms with E-state index in [-0.39, 0.29) is 30.1 Å². The Labute approximate surface area is 188 Å². The topological polar surface area (TPSA) is 44.4 Å². The van der Waals surface area contributed by atoms with Gasteiger partial charge in [0, 0.05) is 31.4 Å². The predicted molar refractivity (Wildman–Crippen MR) is 122 cm³/mol. The molecule has 31 heavy (non-hydrogen) atoms. The van der Waals surface area contributed by atoms with Crippen LogP contribution in [0.1, 0.15) is 31.2 Å². The number of carbonyl (C=O) groups is 1. The van der Waals surface area contributed by atoms with Gasteiger partial charge in [0.2, 0.25) is 0 Å². The molecule has 2 saturated heterocycles. The Morgan fingerprint density at radius 3 is 2.35 bits per heavy atom. The molecule has 2 N–H and O–H groups in total. The van der Waals surface area contributed by atoms with Crippen molar-refractivity contribution in [3.8, 4) is 0 Å². The van der Waals surface area contributed by atoms with Gasteiger partial charge in [-0.1, -0.05) is 12.1 Å². The molecule has 168 valence electrons. The van der Waals surface area contributed by atoms with E-state index in [2.05, 4.69) is 15.5 Å². The number of anilines is 1. The number of rotatable bonds is 7. The second kappa shape index (κ2) is 10.9. The molecule has 3 atom stereocenters. The maximum absolute atomic E-state index is 13.2. The van der Waals surface area contributed by atoms with E-state index in [0.29, 0.717) is 24.2 Å². The third-order valence-electron chi connectivity index (χ3n) is 6.43. The predicted octanol–water partition coefficient (Wildman–Crippen LogP) is 5.24. The van der Waals surface area contributed by atoms with Crippen LogP contribution >= 0.6 is 12.4 Å². The molecule has 2 aliphatic heterocycles. The van der Waals surface area contributed by atoms with Crippen LogP contribution in [-0.4, -0.2) is 36.6 Å². The lowest BCUT2D eigenvalue weighted by molar-refractivity contribution is 0.000976. The first kappa shape index (κ1) is 23.5. The fourth-order valence-electron chi connectivity index (χ4n) is 5.05. The number of hydrogen-bond donors (Lipinski definition) is 2. The minimum Gasteiger partial charge on any atom is -0.338 e. The molecule has 1 saturated carbocycles. The summed E-state index contributed by atoms with van der Waals surface area (Å²) in [7, 11) is 0. The van der Waals surface area contributed by atoms with Crippen molar-refractivity contribution in [3.63, 3.8) is 0 Å². The number of fused-ring (bicyclic) bond motifs is 3.